The van der Waals surface area contributed by atoms with Crippen molar-refractivity contribution in [3.05, 3.63) is 11.3 Å². The maximum absolute atomic E-state index is 6.03. The molecule has 96 valence electrons. The molecule has 4 nitrogen and oxygen atoms in total. The summed E-state index contributed by atoms with van der Waals surface area (Å²) < 4.78 is 13.1. The highest BCUT2D eigenvalue weighted by Gasteiger charge is 2.32. The molecule has 0 bridgehead atoms. The molecule has 1 aliphatic heterocycles. The average Bonchev–Trinajstić information content (AvgIpc) is 2.63. The van der Waals surface area contributed by atoms with Crippen molar-refractivity contribution in [2.24, 2.45) is 13.0 Å². The zero-order valence-corrected chi connectivity index (χ0v) is 11.3. The Hall–Kier alpha value is -0.740. The third kappa shape index (κ3) is 2.29. The van der Waals surface area contributed by atoms with Gasteiger partial charge in [-0.2, -0.15) is 5.10 Å². The molecule has 2 unspecified atom stereocenters. The number of ether oxygens (including phenoxy) is 2. The molecule has 2 heterocycles. The summed E-state index contributed by atoms with van der Waals surface area (Å²) in [7, 11) is 3.55. The number of alkyl halides is 1. The van der Waals surface area contributed by atoms with Crippen LogP contribution in [-0.2, 0) is 11.8 Å². The number of halogens is 1. The van der Waals surface area contributed by atoms with Crippen molar-refractivity contribution in [2.75, 3.05) is 19.6 Å². The molecule has 0 saturated carbocycles. The molecule has 2 rings (SSSR count). The van der Waals surface area contributed by atoms with Gasteiger partial charge in [-0.25, -0.2) is 4.68 Å². The van der Waals surface area contributed by atoms with E-state index in [1.807, 2.05) is 14.0 Å². The van der Waals surface area contributed by atoms with Crippen LogP contribution in [0, 0.1) is 12.8 Å². The summed E-state index contributed by atoms with van der Waals surface area (Å²) in [6.45, 7) is 2.77. The van der Waals surface area contributed by atoms with E-state index in [9.17, 15) is 0 Å². The predicted octanol–water partition coefficient (Wildman–Crippen LogP) is 2.44. The van der Waals surface area contributed by atoms with E-state index in [0.717, 1.165) is 36.6 Å². The second kappa shape index (κ2) is 5.27. The van der Waals surface area contributed by atoms with Crippen molar-refractivity contribution in [3.63, 3.8) is 0 Å². The molecular weight excluding hydrogens is 240 g/mol. The summed E-state index contributed by atoms with van der Waals surface area (Å²) in [5.74, 6) is 1.74. The van der Waals surface area contributed by atoms with Gasteiger partial charge in [0.05, 0.1) is 24.5 Å². The minimum absolute atomic E-state index is 0.0184. The zero-order chi connectivity index (χ0) is 12.4. The van der Waals surface area contributed by atoms with Crippen molar-refractivity contribution in [3.8, 4) is 5.88 Å². The Morgan fingerprint density at radius 3 is 3.00 bits per heavy atom. The average molecular weight is 259 g/mol. The summed E-state index contributed by atoms with van der Waals surface area (Å²) in [6, 6.07) is 0. The smallest absolute Gasteiger partial charge is 0.217 e. The Morgan fingerprint density at radius 2 is 2.35 bits per heavy atom. The highest BCUT2D eigenvalue weighted by molar-refractivity contribution is 6.18. The van der Waals surface area contributed by atoms with Crippen LogP contribution in [0.5, 0.6) is 5.88 Å². The Morgan fingerprint density at radius 1 is 1.59 bits per heavy atom. The standard InChI is InChI=1S/C12H19ClN2O2/c1-8-10(12(16-3)15(2)14-8)11-9(7-13)5-4-6-17-11/h9,11H,4-7H2,1-3H3. The first kappa shape index (κ1) is 12.7. The van der Waals surface area contributed by atoms with E-state index in [4.69, 9.17) is 21.1 Å². The minimum atomic E-state index is 0.0184. The molecule has 1 saturated heterocycles. The molecule has 1 fully saturated rings. The first-order valence-electron chi connectivity index (χ1n) is 5.94. The first-order valence-corrected chi connectivity index (χ1v) is 6.47. The Labute approximate surface area is 107 Å². The van der Waals surface area contributed by atoms with E-state index in [1.54, 1.807) is 11.8 Å². The number of methoxy groups -OCH3 is 1. The van der Waals surface area contributed by atoms with Gasteiger partial charge in [-0.05, 0) is 19.8 Å². The number of nitrogens with zero attached hydrogens (tertiary/aromatic N) is 2. The lowest BCUT2D eigenvalue weighted by atomic mass is 9.91. The maximum atomic E-state index is 6.03. The van der Waals surface area contributed by atoms with E-state index in [2.05, 4.69) is 5.10 Å². The molecule has 1 aromatic rings. The van der Waals surface area contributed by atoms with E-state index in [1.165, 1.54) is 0 Å². The van der Waals surface area contributed by atoms with Crippen LogP contribution in [-0.4, -0.2) is 29.4 Å². The van der Waals surface area contributed by atoms with Crippen molar-refractivity contribution in [1.82, 2.24) is 9.78 Å². The SMILES string of the molecule is COc1c(C2OCCCC2CCl)c(C)nn1C. The highest BCUT2D eigenvalue weighted by atomic mass is 35.5. The molecule has 0 amide bonds. The van der Waals surface area contributed by atoms with Crippen LogP contribution in [0.25, 0.3) is 0 Å². The van der Waals surface area contributed by atoms with E-state index in [-0.39, 0.29) is 6.10 Å². The normalized spacial score (nSPS) is 24.9. The largest absolute Gasteiger partial charge is 0.481 e. The Bertz CT molecular complexity index is 392. The summed E-state index contributed by atoms with van der Waals surface area (Å²) in [5, 5.41) is 4.39. The second-order valence-electron chi connectivity index (χ2n) is 4.48. The van der Waals surface area contributed by atoms with Crippen LogP contribution in [0.1, 0.15) is 30.2 Å². The summed E-state index contributed by atoms with van der Waals surface area (Å²) in [4.78, 5) is 0. The molecule has 0 aliphatic carbocycles. The van der Waals surface area contributed by atoms with E-state index in [0.29, 0.717) is 11.8 Å². The van der Waals surface area contributed by atoms with Crippen LogP contribution in [0.2, 0.25) is 0 Å². The number of aromatic nitrogens is 2. The fourth-order valence-corrected chi connectivity index (χ4v) is 2.86. The fraction of sp³-hybridized carbons (Fsp3) is 0.750. The zero-order valence-electron chi connectivity index (χ0n) is 10.6. The molecule has 17 heavy (non-hydrogen) atoms. The number of hydrogen-bond donors (Lipinski definition) is 0. The lowest BCUT2D eigenvalue weighted by molar-refractivity contribution is -0.0224. The highest BCUT2D eigenvalue weighted by Crippen LogP contribution is 2.40. The van der Waals surface area contributed by atoms with Gasteiger partial charge in [0, 0.05) is 25.5 Å². The third-order valence-electron chi connectivity index (χ3n) is 3.33. The van der Waals surface area contributed by atoms with Gasteiger partial charge in [-0.1, -0.05) is 0 Å². The molecule has 0 radical (unpaired) electrons. The summed E-state index contributed by atoms with van der Waals surface area (Å²) in [5.41, 5.74) is 2.02. The lowest BCUT2D eigenvalue weighted by Gasteiger charge is -2.30. The van der Waals surface area contributed by atoms with Crippen LogP contribution in [0.4, 0.5) is 0 Å². The van der Waals surface area contributed by atoms with Crippen LogP contribution in [0.15, 0.2) is 0 Å². The molecule has 2 atom stereocenters. The Kier molecular flexibility index (Phi) is 3.94. The van der Waals surface area contributed by atoms with Crippen molar-refractivity contribution in [1.29, 1.82) is 0 Å². The molecule has 5 heteroatoms. The first-order chi connectivity index (χ1) is 8.19. The number of hydrogen-bond acceptors (Lipinski definition) is 3. The van der Waals surface area contributed by atoms with Crippen LogP contribution in [0.3, 0.4) is 0 Å². The van der Waals surface area contributed by atoms with Crippen molar-refractivity contribution < 1.29 is 9.47 Å². The predicted molar refractivity (Wildman–Crippen MR) is 66.6 cm³/mol. The van der Waals surface area contributed by atoms with Gasteiger partial charge in [0.25, 0.3) is 0 Å². The van der Waals surface area contributed by atoms with Crippen molar-refractivity contribution >= 4 is 11.6 Å². The van der Waals surface area contributed by atoms with Gasteiger partial charge in [-0.15, -0.1) is 11.6 Å². The Balaban J connectivity index is 2.37. The summed E-state index contributed by atoms with van der Waals surface area (Å²) in [6.07, 6.45) is 2.20. The molecule has 1 aliphatic rings. The topological polar surface area (TPSA) is 36.3 Å². The van der Waals surface area contributed by atoms with Gasteiger partial charge in [-0.3, -0.25) is 0 Å². The van der Waals surface area contributed by atoms with Crippen LogP contribution < -0.4 is 4.74 Å². The molecular formula is C12H19ClN2O2. The fourth-order valence-electron chi connectivity index (χ4n) is 2.54. The summed E-state index contributed by atoms with van der Waals surface area (Å²) >= 11 is 6.03. The van der Waals surface area contributed by atoms with Crippen LogP contribution >= 0.6 is 11.6 Å². The van der Waals surface area contributed by atoms with Crippen molar-refractivity contribution in [2.45, 2.75) is 25.9 Å². The lowest BCUT2D eigenvalue weighted by Crippen LogP contribution is -2.24. The number of aryl methyl sites for hydroxylation is 2. The van der Waals surface area contributed by atoms with Gasteiger partial charge in [0.1, 0.15) is 0 Å². The number of rotatable bonds is 3. The molecule has 1 aromatic heterocycles. The second-order valence-corrected chi connectivity index (χ2v) is 4.79. The van der Waals surface area contributed by atoms with Gasteiger partial charge in [0.15, 0.2) is 0 Å². The molecule has 0 aromatic carbocycles. The molecule has 0 spiro atoms. The maximum Gasteiger partial charge on any atom is 0.217 e. The van der Waals surface area contributed by atoms with Gasteiger partial charge >= 0.3 is 0 Å². The van der Waals surface area contributed by atoms with E-state index < -0.39 is 0 Å². The molecule has 0 N–H and O–H groups in total. The third-order valence-corrected chi connectivity index (χ3v) is 3.73. The minimum Gasteiger partial charge on any atom is -0.481 e. The van der Waals surface area contributed by atoms with Gasteiger partial charge in [0.2, 0.25) is 5.88 Å². The van der Waals surface area contributed by atoms with E-state index >= 15 is 0 Å². The quantitative estimate of drug-likeness (QED) is 0.782. The van der Waals surface area contributed by atoms with Gasteiger partial charge < -0.3 is 9.47 Å². The monoisotopic (exact) mass is 258 g/mol.